The highest BCUT2D eigenvalue weighted by Gasteiger charge is 2.30. The van der Waals surface area contributed by atoms with Gasteiger partial charge >= 0.3 is 12.1 Å². The number of alkyl carbamates (subject to hydrolysis) is 1. The van der Waals surface area contributed by atoms with Gasteiger partial charge in [-0.3, -0.25) is 9.59 Å². The van der Waals surface area contributed by atoms with E-state index in [9.17, 15) is 14.4 Å². The van der Waals surface area contributed by atoms with E-state index < -0.39 is 18.1 Å². The van der Waals surface area contributed by atoms with E-state index in [2.05, 4.69) is 17.4 Å². The van der Waals surface area contributed by atoms with Crippen LogP contribution in [0.1, 0.15) is 43.7 Å². The third kappa shape index (κ3) is 6.00. The molecule has 7 nitrogen and oxygen atoms in total. The van der Waals surface area contributed by atoms with Gasteiger partial charge in [0.25, 0.3) is 0 Å². The molecule has 1 aliphatic rings. The fourth-order valence-electron chi connectivity index (χ4n) is 4.00. The number of benzene rings is 2. The minimum Gasteiger partial charge on any atom is -0.481 e. The Balaban J connectivity index is 1.67. The molecular weight excluding hydrogens is 420 g/mol. The van der Waals surface area contributed by atoms with E-state index in [4.69, 9.17) is 9.84 Å². The Bertz CT molecular complexity index is 1010. The summed E-state index contributed by atoms with van der Waals surface area (Å²) in [4.78, 5) is 37.6. The molecular formula is C26H30N2O5. The number of rotatable bonds is 9. The number of hydrogen-bond donors (Lipinski definition) is 2. The zero-order valence-corrected chi connectivity index (χ0v) is 19.2. The monoisotopic (exact) mass is 450 g/mol. The number of carbonyl (C=O) groups excluding carboxylic acids is 2. The van der Waals surface area contributed by atoms with E-state index in [-0.39, 0.29) is 31.4 Å². The number of carbonyl (C=O) groups is 3. The van der Waals surface area contributed by atoms with Crippen LogP contribution in [0.25, 0.3) is 11.1 Å². The van der Waals surface area contributed by atoms with Crippen molar-refractivity contribution in [3.8, 4) is 11.1 Å². The lowest BCUT2D eigenvalue weighted by Crippen LogP contribution is -2.47. The van der Waals surface area contributed by atoms with Gasteiger partial charge in [-0.1, -0.05) is 60.2 Å². The number of likely N-dealkylation sites (N-methyl/N-ethyl adjacent to an activating group) is 1. The first-order valence-corrected chi connectivity index (χ1v) is 11.0. The molecule has 1 atom stereocenters. The van der Waals surface area contributed by atoms with Gasteiger partial charge in [0.15, 0.2) is 0 Å². The summed E-state index contributed by atoms with van der Waals surface area (Å²) in [5.74, 6) is -1.42. The van der Waals surface area contributed by atoms with Crippen molar-refractivity contribution in [3.05, 3.63) is 71.3 Å². The Hall–Kier alpha value is -3.61. The van der Waals surface area contributed by atoms with Crippen LogP contribution in [0, 0.1) is 0 Å². The minimum absolute atomic E-state index is 0.0614. The molecule has 2 amide bonds. The second-order valence-corrected chi connectivity index (χ2v) is 8.44. The highest BCUT2D eigenvalue weighted by molar-refractivity contribution is 5.86. The third-order valence-electron chi connectivity index (χ3n) is 5.73. The van der Waals surface area contributed by atoms with Gasteiger partial charge < -0.3 is 20.1 Å². The molecule has 0 fully saturated rings. The SMILES string of the molecule is CC(C)=CCC(NC(=O)OCC1c2ccccc2-c2ccccc21)C(=O)N(C)CCC(=O)O. The lowest BCUT2D eigenvalue weighted by atomic mass is 9.98. The maximum absolute atomic E-state index is 12.8. The van der Waals surface area contributed by atoms with E-state index in [1.807, 2.05) is 56.3 Å². The van der Waals surface area contributed by atoms with Crippen molar-refractivity contribution in [1.29, 1.82) is 0 Å². The molecule has 174 valence electrons. The van der Waals surface area contributed by atoms with Crippen LogP contribution >= 0.6 is 0 Å². The molecule has 0 radical (unpaired) electrons. The Morgan fingerprint density at radius 2 is 1.64 bits per heavy atom. The number of fused-ring (bicyclic) bond motifs is 3. The van der Waals surface area contributed by atoms with Gasteiger partial charge in [-0.15, -0.1) is 0 Å². The van der Waals surface area contributed by atoms with Crippen LogP contribution in [0.4, 0.5) is 4.79 Å². The van der Waals surface area contributed by atoms with E-state index in [1.165, 1.54) is 11.9 Å². The van der Waals surface area contributed by atoms with Crippen LogP contribution in [0.15, 0.2) is 60.2 Å². The molecule has 33 heavy (non-hydrogen) atoms. The van der Waals surface area contributed by atoms with E-state index in [0.717, 1.165) is 27.8 Å². The van der Waals surface area contributed by atoms with E-state index in [1.54, 1.807) is 0 Å². The first-order chi connectivity index (χ1) is 15.8. The second kappa shape index (κ2) is 10.8. The average Bonchev–Trinajstić information content (AvgIpc) is 3.12. The zero-order chi connectivity index (χ0) is 24.0. The van der Waals surface area contributed by atoms with Gasteiger partial charge in [0.1, 0.15) is 12.6 Å². The first kappa shape index (κ1) is 24.0. The summed E-state index contributed by atoms with van der Waals surface area (Å²) < 4.78 is 5.57. The third-order valence-corrected chi connectivity index (χ3v) is 5.73. The van der Waals surface area contributed by atoms with Crippen molar-refractivity contribution >= 4 is 18.0 Å². The highest BCUT2D eigenvalue weighted by atomic mass is 16.5. The number of ether oxygens (including phenoxy) is 1. The Morgan fingerprint density at radius 1 is 1.06 bits per heavy atom. The largest absolute Gasteiger partial charge is 0.481 e. The van der Waals surface area contributed by atoms with Crippen molar-refractivity contribution in [2.24, 2.45) is 0 Å². The van der Waals surface area contributed by atoms with Gasteiger partial charge in [0, 0.05) is 19.5 Å². The summed E-state index contributed by atoms with van der Waals surface area (Å²) in [7, 11) is 1.53. The summed E-state index contributed by atoms with van der Waals surface area (Å²) in [6.45, 7) is 4.02. The van der Waals surface area contributed by atoms with Crippen molar-refractivity contribution in [3.63, 3.8) is 0 Å². The van der Waals surface area contributed by atoms with E-state index in [0.29, 0.717) is 6.42 Å². The van der Waals surface area contributed by atoms with E-state index >= 15 is 0 Å². The molecule has 3 rings (SSSR count). The minimum atomic E-state index is -0.986. The average molecular weight is 451 g/mol. The van der Waals surface area contributed by atoms with Crippen LogP contribution in [0.3, 0.4) is 0 Å². The number of hydrogen-bond acceptors (Lipinski definition) is 4. The van der Waals surface area contributed by atoms with Gasteiger partial charge in [0.05, 0.1) is 6.42 Å². The topological polar surface area (TPSA) is 95.9 Å². The molecule has 0 spiro atoms. The molecule has 0 bridgehead atoms. The smallest absolute Gasteiger partial charge is 0.407 e. The number of nitrogens with one attached hydrogen (secondary N) is 1. The van der Waals surface area contributed by atoms with Crippen molar-refractivity contribution in [2.45, 2.75) is 38.6 Å². The quantitative estimate of drug-likeness (QED) is 0.559. The van der Waals surface area contributed by atoms with Gasteiger partial charge in [-0.2, -0.15) is 0 Å². The molecule has 0 aromatic heterocycles. The summed E-state index contributed by atoms with van der Waals surface area (Å²) in [5.41, 5.74) is 5.50. The van der Waals surface area contributed by atoms with Crippen LogP contribution in [0.5, 0.6) is 0 Å². The number of amides is 2. The summed E-state index contributed by atoms with van der Waals surface area (Å²) in [6.07, 6.45) is 1.31. The lowest BCUT2D eigenvalue weighted by Gasteiger charge is -2.24. The lowest BCUT2D eigenvalue weighted by molar-refractivity contribution is -0.138. The molecule has 0 saturated heterocycles. The van der Waals surface area contributed by atoms with Gasteiger partial charge in [0.2, 0.25) is 5.91 Å². The molecule has 0 saturated carbocycles. The van der Waals surface area contributed by atoms with Gasteiger partial charge in [-0.25, -0.2) is 4.79 Å². The molecule has 7 heteroatoms. The molecule has 1 aliphatic carbocycles. The Morgan fingerprint density at radius 3 is 2.18 bits per heavy atom. The zero-order valence-electron chi connectivity index (χ0n) is 19.2. The Labute approximate surface area is 194 Å². The fraction of sp³-hybridized carbons (Fsp3) is 0.346. The number of carboxylic acids is 1. The molecule has 2 N–H and O–H groups in total. The van der Waals surface area contributed by atoms with Crippen molar-refractivity contribution < 1.29 is 24.2 Å². The summed E-state index contributed by atoms with van der Waals surface area (Å²) in [5, 5.41) is 11.5. The van der Waals surface area contributed by atoms with Crippen LogP contribution in [-0.2, 0) is 14.3 Å². The summed E-state index contributed by atoms with van der Waals surface area (Å²) >= 11 is 0. The number of nitrogens with zero attached hydrogens (tertiary/aromatic N) is 1. The number of aliphatic carboxylic acids is 1. The number of carboxylic acid groups (broad SMARTS) is 1. The van der Waals surface area contributed by atoms with Crippen LogP contribution in [0.2, 0.25) is 0 Å². The molecule has 2 aromatic carbocycles. The highest BCUT2D eigenvalue weighted by Crippen LogP contribution is 2.44. The predicted molar refractivity (Wildman–Crippen MR) is 126 cm³/mol. The molecule has 2 aromatic rings. The predicted octanol–water partition coefficient (Wildman–Crippen LogP) is 4.18. The molecule has 1 unspecified atom stereocenters. The maximum Gasteiger partial charge on any atom is 0.407 e. The standard InChI is InChI=1S/C26H30N2O5/c1-17(2)12-13-23(25(31)28(3)15-14-24(29)30)27-26(32)33-16-22-20-10-6-4-8-18(20)19-9-5-7-11-21(19)22/h4-12,22-23H,13-16H2,1-3H3,(H,27,32)(H,29,30). The molecule has 0 heterocycles. The fourth-order valence-corrected chi connectivity index (χ4v) is 4.00. The summed E-state index contributed by atoms with van der Waals surface area (Å²) in [6, 6.07) is 15.3. The first-order valence-electron chi connectivity index (χ1n) is 11.0. The molecule has 0 aliphatic heterocycles. The van der Waals surface area contributed by atoms with Crippen LogP contribution < -0.4 is 5.32 Å². The van der Waals surface area contributed by atoms with Gasteiger partial charge in [-0.05, 0) is 42.5 Å². The second-order valence-electron chi connectivity index (χ2n) is 8.44. The van der Waals surface area contributed by atoms with Crippen LogP contribution in [-0.4, -0.2) is 54.2 Å². The van der Waals surface area contributed by atoms with Crippen molar-refractivity contribution in [1.82, 2.24) is 10.2 Å². The Kier molecular flexibility index (Phi) is 7.87. The van der Waals surface area contributed by atoms with Crippen molar-refractivity contribution in [2.75, 3.05) is 20.2 Å². The normalized spacial score (nSPS) is 12.8. The number of allylic oxidation sites excluding steroid dienone is 1. The maximum atomic E-state index is 12.8.